The highest BCUT2D eigenvalue weighted by Gasteiger charge is 2.64. The van der Waals surface area contributed by atoms with Crippen molar-refractivity contribution in [3.05, 3.63) is 63.9 Å². The van der Waals surface area contributed by atoms with Crippen LogP contribution in [0.15, 0.2) is 41.3 Å². The van der Waals surface area contributed by atoms with E-state index in [1.807, 2.05) is 32.0 Å². The number of halogens is 1. The molecule has 6 rings (SSSR count). The number of rotatable bonds is 13. The Hall–Kier alpha value is -4.60. The number of pyridine rings is 1. The second-order valence-corrected chi connectivity index (χ2v) is 14.8. The zero-order valence-corrected chi connectivity index (χ0v) is 30.3. The molecule has 268 valence electrons. The van der Waals surface area contributed by atoms with Crippen LogP contribution < -0.4 is 5.32 Å². The molecule has 0 unspecified atom stereocenters. The number of aliphatic hydroxyl groups excluding tert-OH is 2. The molecule has 1 saturated carbocycles. The molecule has 0 spiro atoms. The van der Waals surface area contributed by atoms with Crippen LogP contribution in [0.4, 0.5) is 5.82 Å². The summed E-state index contributed by atoms with van der Waals surface area (Å²) in [5.74, 6) is -1.03. The second-order valence-electron chi connectivity index (χ2n) is 14.0. The van der Waals surface area contributed by atoms with E-state index in [0.29, 0.717) is 45.6 Å². The summed E-state index contributed by atoms with van der Waals surface area (Å²) in [4.78, 5) is 66.1. The number of piperidine rings is 1. The van der Waals surface area contributed by atoms with Crippen LogP contribution in [-0.4, -0.2) is 92.8 Å². The summed E-state index contributed by atoms with van der Waals surface area (Å²) in [5.41, 5.74) is 3.75. The maximum absolute atomic E-state index is 14.0. The molecule has 0 radical (unpaired) electrons. The minimum absolute atomic E-state index is 0.0562. The van der Waals surface area contributed by atoms with Crippen molar-refractivity contribution < 1.29 is 34.5 Å². The van der Waals surface area contributed by atoms with Crippen LogP contribution in [0.5, 0.6) is 0 Å². The van der Waals surface area contributed by atoms with Gasteiger partial charge in [-0.15, -0.1) is 0 Å². The lowest BCUT2D eigenvalue weighted by molar-refractivity contribution is -0.139. The van der Waals surface area contributed by atoms with E-state index in [1.165, 1.54) is 6.92 Å². The number of carboxylic acids is 1. The van der Waals surface area contributed by atoms with E-state index in [1.54, 1.807) is 28.0 Å². The van der Waals surface area contributed by atoms with Crippen LogP contribution in [0.3, 0.4) is 0 Å². The summed E-state index contributed by atoms with van der Waals surface area (Å²) in [6.07, 6.45) is 2.70. The number of hydrogen-bond acceptors (Lipinski definition) is 10. The van der Waals surface area contributed by atoms with Gasteiger partial charge < -0.3 is 25.5 Å². The van der Waals surface area contributed by atoms with Crippen molar-refractivity contribution >= 4 is 56.2 Å². The largest absolute Gasteiger partial charge is 0.481 e. The SMILES string of the molecule is CC(=O)c1nn(CC(=O)N2[C@H](C(=O)Nc3nc(Br)ccc3C)C[C@@]3(C)C[C@@H]23)c2c(C)cc(-c3cnc(CC[C@@H](O)C[C@@H](O)CC(=O)O)nc3)cc12. The molecular formula is C36H40BrN7O7. The van der Waals surface area contributed by atoms with Gasteiger partial charge in [0, 0.05) is 42.7 Å². The van der Waals surface area contributed by atoms with Crippen LogP contribution in [0.1, 0.15) is 73.4 Å². The molecule has 1 aliphatic heterocycles. The number of aromatic nitrogens is 5. The number of carboxylic acid groups (broad SMARTS) is 1. The molecule has 2 aliphatic rings. The highest BCUT2D eigenvalue weighted by Crippen LogP contribution is 2.59. The lowest BCUT2D eigenvalue weighted by atomic mass is 10.0. The van der Waals surface area contributed by atoms with Gasteiger partial charge in [0.1, 0.15) is 34.5 Å². The molecule has 3 aromatic heterocycles. The van der Waals surface area contributed by atoms with Gasteiger partial charge in [0.25, 0.3) is 0 Å². The number of ketones is 1. The highest BCUT2D eigenvalue weighted by molar-refractivity contribution is 9.10. The molecule has 1 aromatic carbocycles. The smallest absolute Gasteiger partial charge is 0.305 e. The van der Waals surface area contributed by atoms with Gasteiger partial charge in [-0.1, -0.05) is 13.0 Å². The van der Waals surface area contributed by atoms with Gasteiger partial charge in [0.15, 0.2) is 5.78 Å². The molecule has 2 amide bonds. The van der Waals surface area contributed by atoms with E-state index in [0.717, 1.165) is 23.1 Å². The minimum Gasteiger partial charge on any atom is -0.481 e. The Bertz CT molecular complexity index is 2030. The number of carbonyl (C=O) groups excluding carboxylic acids is 3. The quantitative estimate of drug-likeness (QED) is 0.113. The number of Topliss-reactive ketones (excluding diaryl/α,β-unsaturated/α-hetero) is 1. The fraction of sp³-hybridized carbons (Fsp3) is 0.444. The molecule has 14 nitrogen and oxygen atoms in total. The summed E-state index contributed by atoms with van der Waals surface area (Å²) >= 11 is 3.35. The first-order valence-corrected chi connectivity index (χ1v) is 17.6. The molecule has 2 fully saturated rings. The van der Waals surface area contributed by atoms with Gasteiger partial charge in [-0.3, -0.25) is 23.9 Å². The monoisotopic (exact) mass is 761 g/mol. The predicted molar refractivity (Wildman–Crippen MR) is 190 cm³/mol. The van der Waals surface area contributed by atoms with E-state index in [2.05, 4.69) is 48.2 Å². The molecule has 4 aromatic rings. The lowest BCUT2D eigenvalue weighted by Gasteiger charge is -2.27. The number of fused-ring (bicyclic) bond motifs is 2. The van der Waals surface area contributed by atoms with Gasteiger partial charge in [-0.05, 0) is 95.8 Å². The Morgan fingerprint density at radius 1 is 1.04 bits per heavy atom. The summed E-state index contributed by atoms with van der Waals surface area (Å²) in [6, 6.07) is 6.66. The second kappa shape index (κ2) is 14.2. The van der Waals surface area contributed by atoms with Crippen molar-refractivity contribution in [1.82, 2.24) is 29.6 Å². The number of nitrogens with zero attached hydrogens (tertiary/aromatic N) is 6. The minimum atomic E-state index is -1.14. The van der Waals surface area contributed by atoms with Crippen LogP contribution in [0, 0.1) is 19.3 Å². The van der Waals surface area contributed by atoms with Gasteiger partial charge >= 0.3 is 5.97 Å². The van der Waals surface area contributed by atoms with Crippen LogP contribution in [0.25, 0.3) is 22.0 Å². The molecule has 15 heteroatoms. The van der Waals surface area contributed by atoms with Crippen molar-refractivity contribution in [3.63, 3.8) is 0 Å². The number of nitrogens with one attached hydrogen (secondary N) is 1. The first kappa shape index (κ1) is 36.2. The summed E-state index contributed by atoms with van der Waals surface area (Å²) in [5, 5.41) is 36.9. The standard InChI is InChI=1S/C36H40BrN7O7/c1-18-5-7-28(37)40-34(18)41-35(51)26-13-36(4)14-27(36)44(26)30(48)17-43-33-19(2)9-21(10-25(33)32(42-43)20(3)45)22-15-38-29(39-16-22)8-6-23(46)11-24(47)12-31(49)50/h5,7,9-10,15-16,23-24,26-27,46-47H,6,8,11-14,17H2,1-4H3,(H,49,50)(H,40,41,51)/t23-,24-,26+,27-,36+/m1/s1. The summed E-state index contributed by atoms with van der Waals surface area (Å²) < 4.78 is 2.15. The first-order chi connectivity index (χ1) is 24.1. The predicted octanol–water partition coefficient (Wildman–Crippen LogP) is 4.01. The number of anilines is 1. The first-order valence-electron chi connectivity index (χ1n) is 16.8. The van der Waals surface area contributed by atoms with Crippen LogP contribution in [-0.2, 0) is 27.3 Å². The molecule has 1 saturated heterocycles. The molecular weight excluding hydrogens is 722 g/mol. The number of hydrogen-bond donors (Lipinski definition) is 4. The normalized spacial score (nSPS) is 20.6. The van der Waals surface area contributed by atoms with E-state index >= 15 is 0 Å². The number of amides is 2. The number of benzene rings is 1. The fourth-order valence-corrected chi connectivity index (χ4v) is 7.42. The molecule has 1 aliphatic carbocycles. The van der Waals surface area contributed by atoms with E-state index in [9.17, 15) is 29.4 Å². The van der Waals surface area contributed by atoms with Crippen molar-refractivity contribution in [2.75, 3.05) is 5.32 Å². The number of aliphatic carboxylic acids is 1. The Balaban J connectivity index is 1.20. The van der Waals surface area contributed by atoms with E-state index in [-0.39, 0.29) is 54.1 Å². The third-order valence-electron chi connectivity index (χ3n) is 9.88. The highest BCUT2D eigenvalue weighted by atomic mass is 79.9. The zero-order valence-electron chi connectivity index (χ0n) is 28.8. The average molecular weight is 763 g/mol. The Morgan fingerprint density at radius 2 is 1.76 bits per heavy atom. The zero-order chi connectivity index (χ0) is 36.8. The molecule has 5 atom stereocenters. The van der Waals surface area contributed by atoms with Crippen molar-refractivity contribution in [1.29, 1.82) is 0 Å². The Labute approximate surface area is 302 Å². The van der Waals surface area contributed by atoms with Crippen LogP contribution in [0.2, 0.25) is 0 Å². The number of carbonyl (C=O) groups is 4. The van der Waals surface area contributed by atoms with Crippen molar-refractivity contribution in [2.24, 2.45) is 5.41 Å². The maximum atomic E-state index is 14.0. The van der Waals surface area contributed by atoms with E-state index in [4.69, 9.17) is 5.11 Å². The summed E-state index contributed by atoms with van der Waals surface area (Å²) in [7, 11) is 0. The molecule has 4 N–H and O–H groups in total. The molecule has 4 heterocycles. The number of likely N-dealkylation sites (tertiary alicyclic amines) is 1. The van der Waals surface area contributed by atoms with Gasteiger partial charge in [0.05, 0.1) is 24.1 Å². The maximum Gasteiger partial charge on any atom is 0.305 e. The Kier molecular flexibility index (Phi) is 10.1. The lowest BCUT2D eigenvalue weighted by Crippen LogP contribution is -2.47. The van der Waals surface area contributed by atoms with Crippen LogP contribution >= 0.6 is 15.9 Å². The third kappa shape index (κ3) is 7.70. The molecule has 0 bridgehead atoms. The number of aryl methyl sites for hydroxylation is 3. The van der Waals surface area contributed by atoms with Gasteiger partial charge in [-0.2, -0.15) is 5.10 Å². The average Bonchev–Trinajstić information content (AvgIpc) is 3.41. The van der Waals surface area contributed by atoms with Crippen molar-refractivity contribution in [2.45, 2.75) is 97.1 Å². The van der Waals surface area contributed by atoms with E-state index < -0.39 is 30.6 Å². The molecule has 51 heavy (non-hydrogen) atoms. The topological polar surface area (TPSA) is 201 Å². The Morgan fingerprint density at radius 3 is 2.45 bits per heavy atom. The number of aliphatic hydroxyl groups is 2. The summed E-state index contributed by atoms with van der Waals surface area (Å²) in [6.45, 7) is 7.11. The van der Waals surface area contributed by atoms with Gasteiger partial charge in [0.2, 0.25) is 11.8 Å². The van der Waals surface area contributed by atoms with Gasteiger partial charge in [-0.25, -0.2) is 15.0 Å². The van der Waals surface area contributed by atoms with Crippen molar-refractivity contribution in [3.8, 4) is 11.1 Å². The fourth-order valence-electron chi connectivity index (χ4n) is 7.12. The third-order valence-corrected chi connectivity index (χ3v) is 10.3.